The zero-order valence-corrected chi connectivity index (χ0v) is 18.6. The predicted octanol–water partition coefficient (Wildman–Crippen LogP) is 5.40. The molecule has 1 aromatic carbocycles. The zero-order valence-electron chi connectivity index (χ0n) is 18.6. The molecule has 1 aliphatic heterocycles. The fourth-order valence-electron chi connectivity index (χ4n) is 4.10. The van der Waals surface area contributed by atoms with Gasteiger partial charge in [0.25, 0.3) is 0 Å². The van der Waals surface area contributed by atoms with Crippen LogP contribution in [0, 0.1) is 23.5 Å². The van der Waals surface area contributed by atoms with E-state index in [1.54, 1.807) is 6.92 Å². The van der Waals surface area contributed by atoms with Crippen molar-refractivity contribution in [1.82, 2.24) is 0 Å². The number of alkyl halides is 2. The lowest BCUT2D eigenvalue weighted by atomic mass is 9.86. The third-order valence-corrected chi connectivity index (χ3v) is 5.77. The molecule has 0 unspecified atom stereocenters. The summed E-state index contributed by atoms with van der Waals surface area (Å²) in [6, 6.07) is 1.79. The molecular formula is C23H32F4O5. The standard InChI is InChI=1S/C23H32F4O5/c1-3-11-28-12-15-13-30-22(31-14-15)16-5-7-17(8-6-16)32-23(26,27)18-9-10-19(29-4-2)21(25)20(18)24/h9-10,15-17,22H,3-8,11-14H2,1-2H3. The number of benzene rings is 1. The Labute approximate surface area is 186 Å². The van der Waals surface area contributed by atoms with Crippen LogP contribution in [0.4, 0.5) is 17.6 Å². The van der Waals surface area contributed by atoms with Gasteiger partial charge in [-0.3, -0.25) is 0 Å². The van der Waals surface area contributed by atoms with Crippen LogP contribution in [0.3, 0.4) is 0 Å². The van der Waals surface area contributed by atoms with Gasteiger partial charge in [-0.15, -0.1) is 0 Å². The van der Waals surface area contributed by atoms with Crippen molar-refractivity contribution in [2.45, 2.75) is 64.5 Å². The fourth-order valence-corrected chi connectivity index (χ4v) is 4.10. The Hall–Kier alpha value is -1.42. The molecule has 5 nitrogen and oxygen atoms in total. The van der Waals surface area contributed by atoms with E-state index in [1.807, 2.05) is 6.92 Å². The summed E-state index contributed by atoms with van der Waals surface area (Å²) in [5.41, 5.74) is -1.13. The smallest absolute Gasteiger partial charge is 0.386 e. The Morgan fingerprint density at radius 3 is 2.31 bits per heavy atom. The van der Waals surface area contributed by atoms with Gasteiger partial charge in [0.1, 0.15) is 0 Å². The highest BCUT2D eigenvalue weighted by Gasteiger charge is 2.42. The van der Waals surface area contributed by atoms with Crippen molar-refractivity contribution in [3.63, 3.8) is 0 Å². The lowest BCUT2D eigenvalue weighted by Crippen LogP contribution is -2.41. The summed E-state index contributed by atoms with van der Waals surface area (Å²) >= 11 is 0. The lowest BCUT2D eigenvalue weighted by molar-refractivity contribution is -0.284. The number of halogens is 4. The zero-order chi connectivity index (χ0) is 23.1. The topological polar surface area (TPSA) is 46.2 Å². The average molecular weight is 464 g/mol. The van der Waals surface area contributed by atoms with Gasteiger partial charge in [0, 0.05) is 18.4 Å². The van der Waals surface area contributed by atoms with Crippen molar-refractivity contribution in [2.75, 3.05) is 33.0 Å². The molecular weight excluding hydrogens is 432 g/mol. The first-order valence-corrected chi connectivity index (χ1v) is 11.3. The monoisotopic (exact) mass is 464 g/mol. The molecule has 2 fully saturated rings. The quantitative estimate of drug-likeness (QED) is 0.343. The molecule has 0 spiro atoms. The summed E-state index contributed by atoms with van der Waals surface area (Å²) in [4.78, 5) is 0. The van der Waals surface area contributed by atoms with Gasteiger partial charge in [-0.2, -0.15) is 13.2 Å². The molecule has 3 rings (SSSR count). The molecule has 0 aromatic heterocycles. The summed E-state index contributed by atoms with van der Waals surface area (Å²) in [5, 5.41) is 0. The van der Waals surface area contributed by atoms with Gasteiger partial charge in [0.2, 0.25) is 5.82 Å². The van der Waals surface area contributed by atoms with Crippen molar-refractivity contribution in [3.05, 3.63) is 29.3 Å². The van der Waals surface area contributed by atoms with Crippen LogP contribution in [0.1, 0.15) is 51.5 Å². The van der Waals surface area contributed by atoms with E-state index >= 15 is 0 Å². The fraction of sp³-hybridized carbons (Fsp3) is 0.739. The maximum atomic E-state index is 14.6. The molecule has 0 amide bonds. The molecule has 182 valence electrons. The normalized spacial score (nSPS) is 26.8. The molecule has 1 saturated carbocycles. The van der Waals surface area contributed by atoms with E-state index in [1.165, 1.54) is 0 Å². The van der Waals surface area contributed by atoms with Crippen molar-refractivity contribution in [3.8, 4) is 5.75 Å². The highest BCUT2D eigenvalue weighted by molar-refractivity contribution is 5.32. The molecule has 32 heavy (non-hydrogen) atoms. The van der Waals surface area contributed by atoms with E-state index in [4.69, 9.17) is 23.7 Å². The van der Waals surface area contributed by atoms with Crippen molar-refractivity contribution < 1.29 is 41.2 Å². The molecule has 0 bridgehead atoms. The number of hydrogen-bond donors (Lipinski definition) is 0. The minimum atomic E-state index is -3.95. The summed E-state index contributed by atoms with van der Waals surface area (Å²) in [5.74, 6) is -3.23. The van der Waals surface area contributed by atoms with E-state index in [9.17, 15) is 17.6 Å². The van der Waals surface area contributed by atoms with Crippen molar-refractivity contribution >= 4 is 0 Å². The van der Waals surface area contributed by atoms with Crippen LogP contribution in [0.2, 0.25) is 0 Å². The SMILES string of the molecule is CCCOCC1COC(C2CCC(OC(F)(F)c3ccc(OCC)c(F)c3F)CC2)OC1. The van der Waals surface area contributed by atoms with Crippen LogP contribution < -0.4 is 4.74 Å². The van der Waals surface area contributed by atoms with Crippen molar-refractivity contribution in [1.29, 1.82) is 0 Å². The van der Waals surface area contributed by atoms with Crippen LogP contribution in [0.25, 0.3) is 0 Å². The Morgan fingerprint density at radius 2 is 1.69 bits per heavy atom. The first-order chi connectivity index (χ1) is 15.4. The van der Waals surface area contributed by atoms with Crippen LogP contribution >= 0.6 is 0 Å². The Bertz CT molecular complexity index is 717. The minimum absolute atomic E-state index is 0.0839. The number of hydrogen-bond acceptors (Lipinski definition) is 5. The molecule has 1 heterocycles. The van der Waals surface area contributed by atoms with E-state index in [0.29, 0.717) is 52.1 Å². The molecule has 1 saturated heterocycles. The summed E-state index contributed by atoms with van der Waals surface area (Å²) < 4.78 is 84.4. The van der Waals surface area contributed by atoms with E-state index in [2.05, 4.69) is 0 Å². The second-order valence-electron chi connectivity index (χ2n) is 8.32. The second-order valence-corrected chi connectivity index (χ2v) is 8.32. The Balaban J connectivity index is 1.48. The van der Waals surface area contributed by atoms with Gasteiger partial charge in [-0.05, 0) is 51.2 Å². The Kier molecular flexibility index (Phi) is 9.16. The molecule has 0 radical (unpaired) electrons. The van der Waals surface area contributed by atoms with E-state index in [-0.39, 0.29) is 24.7 Å². The maximum absolute atomic E-state index is 14.6. The summed E-state index contributed by atoms with van der Waals surface area (Å²) in [7, 11) is 0. The first kappa shape index (κ1) is 25.2. The average Bonchev–Trinajstić information content (AvgIpc) is 2.78. The predicted molar refractivity (Wildman–Crippen MR) is 109 cm³/mol. The third-order valence-electron chi connectivity index (χ3n) is 5.77. The maximum Gasteiger partial charge on any atom is 0.386 e. The van der Waals surface area contributed by atoms with Gasteiger partial charge in [-0.25, -0.2) is 4.39 Å². The van der Waals surface area contributed by atoms with Gasteiger partial charge >= 0.3 is 6.11 Å². The second kappa shape index (κ2) is 11.6. The number of ether oxygens (including phenoxy) is 5. The molecule has 9 heteroatoms. The molecule has 1 aliphatic carbocycles. The lowest BCUT2D eigenvalue weighted by Gasteiger charge is -2.38. The van der Waals surface area contributed by atoms with E-state index < -0.39 is 35.2 Å². The van der Waals surface area contributed by atoms with Crippen molar-refractivity contribution in [2.24, 2.45) is 11.8 Å². The van der Waals surface area contributed by atoms with Gasteiger partial charge in [-0.1, -0.05) is 6.92 Å². The molecule has 0 atom stereocenters. The third kappa shape index (κ3) is 6.34. The number of rotatable bonds is 10. The van der Waals surface area contributed by atoms with E-state index in [0.717, 1.165) is 18.6 Å². The summed E-state index contributed by atoms with van der Waals surface area (Å²) in [6.45, 7) is 6.13. The van der Waals surface area contributed by atoms with Gasteiger partial charge in [0.05, 0.1) is 38.1 Å². The van der Waals surface area contributed by atoms with Crippen LogP contribution in [-0.2, 0) is 25.1 Å². The first-order valence-electron chi connectivity index (χ1n) is 11.3. The molecule has 0 N–H and O–H groups in total. The van der Waals surface area contributed by atoms with Gasteiger partial charge in [0.15, 0.2) is 17.9 Å². The molecule has 2 aliphatic rings. The Morgan fingerprint density at radius 1 is 1.00 bits per heavy atom. The van der Waals surface area contributed by atoms with Crippen LogP contribution in [0.15, 0.2) is 12.1 Å². The summed E-state index contributed by atoms with van der Waals surface area (Å²) in [6.07, 6.45) is -2.24. The highest BCUT2D eigenvalue weighted by atomic mass is 19.3. The molecule has 1 aromatic rings. The van der Waals surface area contributed by atoms with Gasteiger partial charge < -0.3 is 23.7 Å². The van der Waals surface area contributed by atoms with Crippen LogP contribution in [-0.4, -0.2) is 45.4 Å². The highest BCUT2D eigenvalue weighted by Crippen LogP contribution is 2.40. The largest absolute Gasteiger partial charge is 0.491 e. The minimum Gasteiger partial charge on any atom is -0.491 e. The van der Waals surface area contributed by atoms with Crippen LogP contribution in [0.5, 0.6) is 5.75 Å².